The summed E-state index contributed by atoms with van der Waals surface area (Å²) in [7, 11) is 3.70. The maximum Gasteiger partial charge on any atom is 0.401 e. The number of nitrogens with one attached hydrogen (secondary N) is 4. The molecule has 0 saturated heterocycles. The van der Waals surface area contributed by atoms with Gasteiger partial charge in [-0.05, 0) is 65.1 Å². The first-order valence-corrected chi connectivity index (χ1v) is 10.5. The second-order valence-electron chi connectivity index (χ2n) is 7.28. The molecule has 0 amide bonds. The van der Waals surface area contributed by atoms with Gasteiger partial charge in [0.05, 0.1) is 25.5 Å². The van der Waals surface area contributed by atoms with Crippen molar-refractivity contribution in [1.29, 1.82) is 0 Å². The predicted octanol–water partition coefficient (Wildman–Crippen LogP) is 3.53. The van der Waals surface area contributed by atoms with Crippen molar-refractivity contribution in [1.82, 2.24) is 20.4 Å². The standard InChI is InChI=1S/C21H24N12/c1-32-14-24-28-20(32)30-26-18-8-4-16(5-9-18)22-12-3-13-23-17-6-10-19(11-7-17)27-31-21-29-25-15-33(21)2/h4-11,14-15H,3,12-13H2,1-2H3,(H2,22,23,28,29,30,31)/p+2. The number of aromatic amines is 2. The molecule has 0 aliphatic rings. The zero-order valence-corrected chi connectivity index (χ0v) is 18.5. The van der Waals surface area contributed by atoms with E-state index in [2.05, 4.69) is 51.5 Å². The third-order valence-corrected chi connectivity index (χ3v) is 4.73. The van der Waals surface area contributed by atoms with Crippen molar-refractivity contribution in [3.8, 4) is 0 Å². The molecule has 0 spiro atoms. The Kier molecular flexibility index (Phi) is 7.05. The average molecular weight is 447 g/mol. The van der Waals surface area contributed by atoms with Crippen LogP contribution in [0, 0.1) is 0 Å². The van der Waals surface area contributed by atoms with Crippen LogP contribution in [0.15, 0.2) is 81.6 Å². The lowest BCUT2D eigenvalue weighted by Crippen LogP contribution is -2.24. The Bertz CT molecular complexity index is 1110. The minimum Gasteiger partial charge on any atom is -0.385 e. The van der Waals surface area contributed by atoms with Crippen molar-refractivity contribution in [2.45, 2.75) is 6.42 Å². The summed E-state index contributed by atoms with van der Waals surface area (Å²) in [6.07, 6.45) is 4.25. The highest BCUT2D eigenvalue weighted by Gasteiger charge is 2.06. The van der Waals surface area contributed by atoms with Gasteiger partial charge >= 0.3 is 11.9 Å². The van der Waals surface area contributed by atoms with Gasteiger partial charge in [0.1, 0.15) is 0 Å². The molecule has 2 aromatic heterocycles. The fraction of sp³-hybridized carbons (Fsp3) is 0.238. The first-order valence-electron chi connectivity index (χ1n) is 10.5. The van der Waals surface area contributed by atoms with E-state index < -0.39 is 0 Å². The number of aryl methyl sites for hydroxylation is 2. The van der Waals surface area contributed by atoms with E-state index in [4.69, 9.17) is 0 Å². The van der Waals surface area contributed by atoms with Crippen LogP contribution in [0.2, 0.25) is 0 Å². The molecule has 0 aliphatic heterocycles. The topological polar surface area (TPSA) is 139 Å². The lowest BCUT2D eigenvalue weighted by atomic mass is 10.2. The molecule has 0 radical (unpaired) electrons. The number of azo groups is 2. The highest BCUT2D eigenvalue weighted by molar-refractivity contribution is 5.51. The SMILES string of the molecule is C[n+]1cn[nH]c1N=Nc1ccc(NCCCNc2ccc(N=Nc3[nH]nc[n+]3C)cc2)cc1. The Balaban J connectivity index is 1.16. The Labute approximate surface area is 190 Å². The Morgan fingerprint density at radius 3 is 1.45 bits per heavy atom. The summed E-state index contributed by atoms with van der Waals surface area (Å²) in [6, 6.07) is 15.7. The first-order chi connectivity index (χ1) is 16.2. The van der Waals surface area contributed by atoms with E-state index in [1.165, 1.54) is 0 Å². The van der Waals surface area contributed by atoms with Crippen LogP contribution < -0.4 is 19.8 Å². The number of nitrogens with zero attached hydrogens (tertiary/aromatic N) is 8. The summed E-state index contributed by atoms with van der Waals surface area (Å²) in [5, 5.41) is 36.8. The van der Waals surface area contributed by atoms with E-state index in [9.17, 15) is 0 Å². The van der Waals surface area contributed by atoms with Crippen LogP contribution in [-0.4, -0.2) is 33.5 Å². The van der Waals surface area contributed by atoms with Crippen molar-refractivity contribution >= 4 is 34.6 Å². The van der Waals surface area contributed by atoms with Crippen molar-refractivity contribution in [2.75, 3.05) is 23.7 Å². The van der Waals surface area contributed by atoms with E-state index in [-0.39, 0.29) is 0 Å². The lowest BCUT2D eigenvalue weighted by Gasteiger charge is -2.08. The number of benzene rings is 2. The zero-order valence-electron chi connectivity index (χ0n) is 18.5. The summed E-state index contributed by atoms with van der Waals surface area (Å²) in [4.78, 5) is 0. The summed E-state index contributed by atoms with van der Waals surface area (Å²) in [5.74, 6) is 1.18. The van der Waals surface area contributed by atoms with Gasteiger partial charge in [0.15, 0.2) is 0 Å². The monoisotopic (exact) mass is 446 g/mol. The van der Waals surface area contributed by atoms with Gasteiger partial charge in [-0.25, -0.2) is 9.13 Å². The van der Waals surface area contributed by atoms with Gasteiger partial charge in [-0.15, -0.1) is 10.2 Å². The zero-order chi connectivity index (χ0) is 22.9. The molecule has 0 saturated carbocycles. The number of hydrogen-bond acceptors (Lipinski definition) is 8. The number of rotatable bonds is 10. The van der Waals surface area contributed by atoms with Crippen LogP contribution in [-0.2, 0) is 14.1 Å². The molecule has 0 atom stereocenters. The van der Waals surface area contributed by atoms with Gasteiger partial charge in [-0.3, -0.25) is 0 Å². The fourth-order valence-electron chi connectivity index (χ4n) is 2.86. The van der Waals surface area contributed by atoms with Gasteiger partial charge < -0.3 is 10.6 Å². The lowest BCUT2D eigenvalue weighted by molar-refractivity contribution is -0.658. The van der Waals surface area contributed by atoms with E-state index in [0.29, 0.717) is 11.9 Å². The minimum absolute atomic E-state index is 0.590. The number of H-pyrrole nitrogens is 2. The number of hydrogen-bond donors (Lipinski definition) is 4. The highest BCUT2D eigenvalue weighted by atomic mass is 15.4. The Hall–Kier alpha value is -4.48. The van der Waals surface area contributed by atoms with E-state index in [1.807, 2.05) is 62.6 Å². The molecule has 168 valence electrons. The second-order valence-corrected chi connectivity index (χ2v) is 7.28. The van der Waals surface area contributed by atoms with Gasteiger partial charge in [-0.1, -0.05) is 10.2 Å². The van der Waals surface area contributed by atoms with Crippen LogP contribution in [0.4, 0.5) is 34.6 Å². The summed E-state index contributed by atoms with van der Waals surface area (Å²) in [5.41, 5.74) is 3.64. The quantitative estimate of drug-likeness (QED) is 0.168. The molecule has 12 heteroatoms. The smallest absolute Gasteiger partial charge is 0.385 e. The molecule has 4 N–H and O–H groups in total. The van der Waals surface area contributed by atoms with Crippen LogP contribution in [0.5, 0.6) is 0 Å². The van der Waals surface area contributed by atoms with Crippen LogP contribution >= 0.6 is 0 Å². The van der Waals surface area contributed by atoms with Crippen LogP contribution in [0.25, 0.3) is 0 Å². The molecule has 0 fully saturated rings. The Morgan fingerprint density at radius 2 is 1.09 bits per heavy atom. The van der Waals surface area contributed by atoms with Crippen molar-refractivity contribution in [2.24, 2.45) is 34.6 Å². The molecular formula is C21H26N12+2. The molecule has 0 bridgehead atoms. The van der Waals surface area contributed by atoms with E-state index in [1.54, 1.807) is 21.8 Å². The van der Waals surface area contributed by atoms with Crippen molar-refractivity contribution in [3.63, 3.8) is 0 Å². The molecule has 0 unspecified atom stereocenters. The summed E-state index contributed by atoms with van der Waals surface area (Å²) in [6.45, 7) is 1.71. The summed E-state index contributed by atoms with van der Waals surface area (Å²) < 4.78 is 3.52. The highest BCUT2D eigenvalue weighted by Crippen LogP contribution is 2.19. The van der Waals surface area contributed by atoms with Gasteiger partial charge in [0.2, 0.25) is 12.7 Å². The van der Waals surface area contributed by atoms with Gasteiger partial charge in [0, 0.05) is 34.7 Å². The maximum absolute atomic E-state index is 4.21. The third-order valence-electron chi connectivity index (χ3n) is 4.73. The van der Waals surface area contributed by atoms with Crippen LogP contribution in [0.1, 0.15) is 6.42 Å². The molecule has 33 heavy (non-hydrogen) atoms. The number of aromatic nitrogens is 6. The Morgan fingerprint density at radius 1 is 0.667 bits per heavy atom. The normalized spacial score (nSPS) is 11.5. The molecule has 4 aromatic rings. The van der Waals surface area contributed by atoms with E-state index in [0.717, 1.165) is 42.3 Å². The molecule has 0 aliphatic carbocycles. The molecule has 2 heterocycles. The van der Waals surface area contributed by atoms with Gasteiger partial charge in [-0.2, -0.15) is 0 Å². The summed E-state index contributed by atoms with van der Waals surface area (Å²) >= 11 is 0. The third kappa shape index (κ3) is 6.26. The largest absolute Gasteiger partial charge is 0.401 e. The first kappa shape index (κ1) is 21.7. The van der Waals surface area contributed by atoms with Crippen molar-refractivity contribution in [3.05, 3.63) is 61.2 Å². The van der Waals surface area contributed by atoms with Gasteiger partial charge in [0.25, 0.3) is 0 Å². The molecular weight excluding hydrogens is 420 g/mol. The predicted molar refractivity (Wildman–Crippen MR) is 122 cm³/mol. The molecule has 2 aromatic carbocycles. The molecule has 4 rings (SSSR count). The number of anilines is 2. The fourth-order valence-corrected chi connectivity index (χ4v) is 2.86. The van der Waals surface area contributed by atoms with Crippen LogP contribution in [0.3, 0.4) is 0 Å². The van der Waals surface area contributed by atoms with E-state index >= 15 is 0 Å². The average Bonchev–Trinajstić information content (AvgIpc) is 3.45. The minimum atomic E-state index is 0.590. The maximum atomic E-state index is 4.21. The second kappa shape index (κ2) is 10.7. The molecule has 12 nitrogen and oxygen atoms in total. The van der Waals surface area contributed by atoms with Crippen molar-refractivity contribution < 1.29 is 9.13 Å².